The van der Waals surface area contributed by atoms with Gasteiger partial charge in [0.25, 0.3) is 0 Å². The van der Waals surface area contributed by atoms with E-state index in [4.69, 9.17) is 0 Å². The van der Waals surface area contributed by atoms with Crippen LogP contribution >= 0.6 is 0 Å². The lowest BCUT2D eigenvalue weighted by Crippen LogP contribution is -2.11. The van der Waals surface area contributed by atoms with Gasteiger partial charge in [0, 0.05) is 24.5 Å². The Hall–Kier alpha value is -4.01. The molecule has 3 heterocycles. The van der Waals surface area contributed by atoms with Gasteiger partial charge in [-0.25, -0.2) is 14.6 Å². The smallest absolute Gasteiger partial charge is 0.224 e. The Morgan fingerprint density at radius 2 is 2.03 bits per heavy atom. The minimum Gasteiger partial charge on any atom is -0.326 e. The predicted molar refractivity (Wildman–Crippen MR) is 113 cm³/mol. The van der Waals surface area contributed by atoms with Crippen molar-refractivity contribution in [2.75, 3.05) is 5.32 Å². The molecule has 0 bridgehead atoms. The van der Waals surface area contributed by atoms with E-state index in [9.17, 15) is 4.79 Å². The molecular weight excluding hydrogens is 380 g/mol. The summed E-state index contributed by atoms with van der Waals surface area (Å²) in [6, 6.07) is 11.2. The van der Waals surface area contributed by atoms with Gasteiger partial charge in [0.15, 0.2) is 11.5 Å². The molecule has 4 rings (SSSR count). The fraction of sp³-hybridized carbons (Fsp3) is 0.190. The van der Waals surface area contributed by atoms with Crippen molar-refractivity contribution in [1.82, 2.24) is 24.7 Å². The average molecular weight is 400 g/mol. The Bertz CT molecular complexity index is 1190. The molecule has 0 radical (unpaired) electrons. The highest BCUT2D eigenvalue weighted by Crippen LogP contribution is 2.25. The molecule has 1 amide bonds. The molecule has 0 saturated carbocycles. The lowest BCUT2D eigenvalue weighted by molar-refractivity contribution is -0.116. The first-order valence-electron chi connectivity index (χ1n) is 9.60. The number of fused-ring (bicyclic) bond motifs is 1. The lowest BCUT2D eigenvalue weighted by atomic mass is 10.2. The largest absolute Gasteiger partial charge is 0.326 e. The first kappa shape index (κ1) is 19.3. The second kappa shape index (κ2) is 8.99. The van der Waals surface area contributed by atoms with Crippen molar-refractivity contribution in [2.24, 2.45) is 10.2 Å². The SMILES string of the molecule is CCCC(=O)Nc1cccc(-n2ncc3c(N=NCc4ccncc4)ncnc32)c1. The summed E-state index contributed by atoms with van der Waals surface area (Å²) in [7, 11) is 0. The van der Waals surface area contributed by atoms with E-state index in [1.165, 1.54) is 6.33 Å². The predicted octanol–water partition coefficient (Wildman–Crippen LogP) is 4.23. The quantitative estimate of drug-likeness (QED) is 0.467. The van der Waals surface area contributed by atoms with Crippen molar-refractivity contribution in [3.05, 3.63) is 66.9 Å². The van der Waals surface area contributed by atoms with Crippen LogP contribution in [0.15, 0.2) is 71.5 Å². The van der Waals surface area contributed by atoms with Gasteiger partial charge < -0.3 is 5.32 Å². The summed E-state index contributed by atoms with van der Waals surface area (Å²) in [6.07, 6.45) is 7.82. The van der Waals surface area contributed by atoms with Crippen molar-refractivity contribution in [3.8, 4) is 5.69 Å². The molecular formula is C21H20N8O. The van der Waals surface area contributed by atoms with E-state index in [-0.39, 0.29) is 5.91 Å². The fourth-order valence-electron chi connectivity index (χ4n) is 2.94. The van der Waals surface area contributed by atoms with Gasteiger partial charge in [0.05, 0.1) is 23.8 Å². The molecule has 3 aromatic heterocycles. The van der Waals surface area contributed by atoms with Crippen molar-refractivity contribution >= 4 is 28.4 Å². The number of nitrogens with one attached hydrogen (secondary N) is 1. The average Bonchev–Trinajstić information content (AvgIpc) is 3.20. The van der Waals surface area contributed by atoms with Crippen molar-refractivity contribution < 1.29 is 4.79 Å². The van der Waals surface area contributed by atoms with Gasteiger partial charge in [0.1, 0.15) is 6.33 Å². The first-order valence-corrected chi connectivity index (χ1v) is 9.60. The Labute approximate surface area is 172 Å². The number of pyridine rings is 1. The fourth-order valence-corrected chi connectivity index (χ4v) is 2.94. The van der Waals surface area contributed by atoms with Gasteiger partial charge in [-0.3, -0.25) is 9.78 Å². The Morgan fingerprint density at radius 3 is 2.87 bits per heavy atom. The third kappa shape index (κ3) is 4.35. The van der Waals surface area contributed by atoms with E-state index < -0.39 is 0 Å². The maximum Gasteiger partial charge on any atom is 0.224 e. The maximum absolute atomic E-state index is 11.9. The molecule has 30 heavy (non-hydrogen) atoms. The summed E-state index contributed by atoms with van der Waals surface area (Å²) < 4.78 is 1.69. The second-order valence-corrected chi connectivity index (χ2v) is 6.59. The molecule has 150 valence electrons. The molecule has 0 unspecified atom stereocenters. The minimum absolute atomic E-state index is 0.0146. The number of carbonyl (C=O) groups is 1. The summed E-state index contributed by atoms with van der Waals surface area (Å²) in [5, 5.41) is 16.5. The zero-order valence-electron chi connectivity index (χ0n) is 16.4. The van der Waals surface area contributed by atoms with Crippen LogP contribution in [-0.2, 0) is 11.3 Å². The molecule has 0 aliphatic rings. The summed E-state index contributed by atoms with van der Waals surface area (Å²) in [4.78, 5) is 24.5. The van der Waals surface area contributed by atoms with Crippen molar-refractivity contribution in [2.45, 2.75) is 26.3 Å². The number of rotatable bonds is 7. The summed E-state index contributed by atoms with van der Waals surface area (Å²) >= 11 is 0. The van der Waals surface area contributed by atoms with E-state index in [0.717, 1.165) is 17.7 Å². The number of hydrogen-bond acceptors (Lipinski definition) is 7. The highest BCUT2D eigenvalue weighted by molar-refractivity contribution is 5.91. The number of carbonyl (C=O) groups excluding carboxylic acids is 1. The van der Waals surface area contributed by atoms with Gasteiger partial charge >= 0.3 is 0 Å². The molecule has 0 fully saturated rings. The van der Waals surface area contributed by atoms with E-state index in [0.29, 0.717) is 35.5 Å². The molecule has 4 aromatic rings. The Kier molecular flexibility index (Phi) is 5.79. The Balaban J connectivity index is 1.60. The van der Waals surface area contributed by atoms with Crippen LogP contribution in [0.2, 0.25) is 0 Å². The molecule has 0 atom stereocenters. The van der Waals surface area contributed by atoms with Crippen LogP contribution in [-0.4, -0.2) is 30.6 Å². The topological polar surface area (TPSA) is 110 Å². The molecule has 0 spiro atoms. The highest BCUT2D eigenvalue weighted by atomic mass is 16.1. The van der Waals surface area contributed by atoms with Crippen LogP contribution in [0, 0.1) is 0 Å². The summed E-state index contributed by atoms with van der Waals surface area (Å²) in [6.45, 7) is 2.40. The molecule has 0 aliphatic heterocycles. The number of aromatic nitrogens is 5. The molecule has 0 saturated heterocycles. The monoisotopic (exact) mass is 400 g/mol. The third-order valence-electron chi connectivity index (χ3n) is 4.36. The van der Waals surface area contributed by atoms with Gasteiger partial charge in [-0.15, -0.1) is 5.11 Å². The number of amides is 1. The summed E-state index contributed by atoms with van der Waals surface area (Å²) in [5.41, 5.74) is 3.11. The Morgan fingerprint density at radius 1 is 1.17 bits per heavy atom. The zero-order valence-corrected chi connectivity index (χ0v) is 16.4. The van der Waals surface area contributed by atoms with Crippen molar-refractivity contribution in [3.63, 3.8) is 0 Å². The van der Waals surface area contributed by atoms with Crippen LogP contribution < -0.4 is 5.32 Å². The van der Waals surface area contributed by atoms with E-state index in [1.807, 2.05) is 43.3 Å². The van der Waals surface area contributed by atoms with E-state index >= 15 is 0 Å². The molecule has 9 heteroatoms. The molecule has 1 N–H and O–H groups in total. The van der Waals surface area contributed by atoms with E-state index in [2.05, 4.69) is 35.6 Å². The normalized spacial score (nSPS) is 11.2. The summed E-state index contributed by atoms with van der Waals surface area (Å²) in [5.74, 6) is 0.437. The minimum atomic E-state index is -0.0146. The number of hydrogen-bond donors (Lipinski definition) is 1. The maximum atomic E-state index is 11.9. The number of anilines is 1. The molecule has 1 aromatic carbocycles. The van der Waals surface area contributed by atoms with Gasteiger partial charge in [-0.2, -0.15) is 10.2 Å². The van der Waals surface area contributed by atoms with Crippen LogP contribution in [0.1, 0.15) is 25.3 Å². The van der Waals surface area contributed by atoms with Crippen molar-refractivity contribution in [1.29, 1.82) is 0 Å². The first-order chi connectivity index (χ1) is 14.7. The highest BCUT2D eigenvalue weighted by Gasteiger charge is 2.12. The zero-order chi connectivity index (χ0) is 20.8. The second-order valence-electron chi connectivity index (χ2n) is 6.59. The van der Waals surface area contributed by atoms with Crippen LogP contribution in [0.3, 0.4) is 0 Å². The molecule has 9 nitrogen and oxygen atoms in total. The van der Waals surface area contributed by atoms with Gasteiger partial charge in [0.2, 0.25) is 5.91 Å². The number of benzene rings is 1. The number of nitrogens with zero attached hydrogens (tertiary/aromatic N) is 7. The standard InChI is InChI=1S/C21H20N8O/c1-2-4-19(30)27-16-5-3-6-17(11-16)29-21-18(13-26-29)20(23-14-24-21)28-25-12-15-7-9-22-10-8-15/h3,5-11,13-14H,2,4,12H2,1H3,(H,27,30). The van der Waals surface area contributed by atoms with E-state index in [1.54, 1.807) is 23.3 Å². The third-order valence-corrected chi connectivity index (χ3v) is 4.36. The van der Waals surface area contributed by atoms with Crippen LogP contribution in [0.25, 0.3) is 16.7 Å². The molecule has 0 aliphatic carbocycles. The number of azo groups is 1. The van der Waals surface area contributed by atoms with Crippen LogP contribution in [0.4, 0.5) is 11.5 Å². The van der Waals surface area contributed by atoms with Gasteiger partial charge in [-0.05, 0) is 42.3 Å². The van der Waals surface area contributed by atoms with Crippen LogP contribution in [0.5, 0.6) is 0 Å². The lowest BCUT2D eigenvalue weighted by Gasteiger charge is -2.07. The van der Waals surface area contributed by atoms with Gasteiger partial charge in [-0.1, -0.05) is 13.0 Å².